The van der Waals surface area contributed by atoms with Gasteiger partial charge in [-0.2, -0.15) is 0 Å². The molecule has 1 aromatic carbocycles. The molecule has 8 heteroatoms. The molecule has 1 heterocycles. The molecule has 1 saturated heterocycles. The lowest BCUT2D eigenvalue weighted by Gasteiger charge is -2.39. The predicted molar refractivity (Wildman–Crippen MR) is 89.9 cm³/mol. The number of rotatable bonds is 3. The second-order valence-corrected chi connectivity index (χ2v) is 6.55. The molecule has 3 rings (SSSR count). The van der Waals surface area contributed by atoms with Crippen LogP contribution < -0.4 is 10.1 Å². The molecule has 0 spiro atoms. The van der Waals surface area contributed by atoms with E-state index in [2.05, 4.69) is 10.1 Å². The number of ether oxygens (including phenoxy) is 1. The van der Waals surface area contributed by atoms with E-state index in [9.17, 15) is 18.0 Å². The van der Waals surface area contributed by atoms with Crippen LogP contribution in [0.4, 0.5) is 13.2 Å². The molecule has 25 heavy (non-hydrogen) atoms. The van der Waals surface area contributed by atoms with Crippen LogP contribution in [0.15, 0.2) is 24.3 Å². The lowest BCUT2D eigenvalue weighted by atomic mass is 10.0. The number of nitrogens with one attached hydrogen (secondary N) is 1. The Kier molecular flexibility index (Phi) is 5.89. The summed E-state index contributed by atoms with van der Waals surface area (Å²) >= 11 is 0. The summed E-state index contributed by atoms with van der Waals surface area (Å²) in [5.41, 5.74) is 0.462. The van der Waals surface area contributed by atoms with Crippen molar-refractivity contribution in [2.45, 2.75) is 44.6 Å². The third-order valence-corrected chi connectivity index (χ3v) is 4.97. The van der Waals surface area contributed by atoms with E-state index in [4.69, 9.17) is 0 Å². The van der Waals surface area contributed by atoms with Crippen LogP contribution in [-0.2, 0) is 4.79 Å². The molecule has 140 valence electrons. The highest BCUT2D eigenvalue weighted by Gasteiger charge is 2.49. The number of para-hydroxylation sites is 1. The Bertz CT molecular complexity index is 626. The van der Waals surface area contributed by atoms with Crippen LogP contribution in [0.3, 0.4) is 0 Å². The van der Waals surface area contributed by atoms with E-state index in [0.717, 1.165) is 6.54 Å². The second kappa shape index (κ2) is 7.41. The minimum absolute atomic E-state index is 0. The van der Waals surface area contributed by atoms with E-state index in [1.807, 2.05) is 18.7 Å². The molecule has 4 nitrogen and oxygen atoms in total. The maximum atomic E-state index is 12.7. The quantitative estimate of drug-likeness (QED) is 0.877. The number of benzene rings is 1. The highest BCUT2D eigenvalue weighted by atomic mass is 35.5. The minimum atomic E-state index is -4.73. The van der Waals surface area contributed by atoms with Crippen molar-refractivity contribution in [2.75, 3.05) is 13.1 Å². The van der Waals surface area contributed by atoms with Gasteiger partial charge < -0.3 is 15.0 Å². The van der Waals surface area contributed by atoms with Gasteiger partial charge in [0, 0.05) is 31.1 Å². The summed E-state index contributed by atoms with van der Waals surface area (Å²) in [4.78, 5) is 14.6. The smallest absolute Gasteiger partial charge is 0.405 e. The third-order valence-electron chi connectivity index (χ3n) is 4.97. The van der Waals surface area contributed by atoms with Gasteiger partial charge in [-0.1, -0.05) is 18.2 Å². The lowest BCUT2D eigenvalue weighted by molar-refractivity contribution is -0.274. The number of carbonyl (C=O) groups is 1. The summed E-state index contributed by atoms with van der Waals surface area (Å²) in [6.07, 6.45) is -4.16. The molecule has 1 aliphatic heterocycles. The maximum absolute atomic E-state index is 12.7. The van der Waals surface area contributed by atoms with E-state index in [1.54, 1.807) is 12.1 Å². The van der Waals surface area contributed by atoms with Gasteiger partial charge in [0.05, 0.1) is 0 Å². The van der Waals surface area contributed by atoms with Crippen molar-refractivity contribution in [2.24, 2.45) is 5.92 Å². The molecule has 0 bridgehead atoms. The molecule has 4 unspecified atom stereocenters. The van der Waals surface area contributed by atoms with Crippen LogP contribution in [0, 0.1) is 5.92 Å². The van der Waals surface area contributed by atoms with Gasteiger partial charge in [0.2, 0.25) is 5.91 Å². The van der Waals surface area contributed by atoms with Crippen LogP contribution in [0.1, 0.15) is 31.7 Å². The van der Waals surface area contributed by atoms with Gasteiger partial charge in [-0.05, 0) is 37.8 Å². The SMILES string of the molecule is CC1NCCN(C(=O)C2CC2c2ccccc2OC(F)(F)F)C1C.Cl. The van der Waals surface area contributed by atoms with Crippen molar-refractivity contribution in [3.63, 3.8) is 0 Å². The Balaban J connectivity index is 0.00000225. The number of alkyl halides is 3. The second-order valence-electron chi connectivity index (χ2n) is 6.55. The fourth-order valence-corrected chi connectivity index (χ4v) is 3.40. The van der Waals surface area contributed by atoms with E-state index in [0.29, 0.717) is 18.5 Å². The van der Waals surface area contributed by atoms with Gasteiger partial charge in [0.25, 0.3) is 0 Å². The highest BCUT2D eigenvalue weighted by Crippen LogP contribution is 2.52. The first-order valence-corrected chi connectivity index (χ1v) is 8.16. The Morgan fingerprint density at radius 1 is 1.28 bits per heavy atom. The Morgan fingerprint density at radius 2 is 1.96 bits per heavy atom. The Labute approximate surface area is 151 Å². The van der Waals surface area contributed by atoms with Gasteiger partial charge >= 0.3 is 6.36 Å². The lowest BCUT2D eigenvalue weighted by Crippen LogP contribution is -2.57. The van der Waals surface area contributed by atoms with Gasteiger partial charge in [0.1, 0.15) is 5.75 Å². The standard InChI is InChI=1S/C17H21F3N2O2.ClH/c1-10-11(2)22(8-7-21-10)16(23)14-9-13(14)12-5-3-4-6-15(12)24-17(18,19)20;/h3-6,10-11,13-14,21H,7-9H2,1-2H3;1H. The van der Waals surface area contributed by atoms with Crippen LogP contribution in [-0.4, -0.2) is 42.3 Å². The number of hydrogen-bond donors (Lipinski definition) is 1. The Hall–Kier alpha value is -1.47. The molecule has 1 aromatic rings. The molecule has 1 saturated carbocycles. The minimum Gasteiger partial charge on any atom is -0.405 e. The van der Waals surface area contributed by atoms with Crippen molar-refractivity contribution in [1.29, 1.82) is 0 Å². The summed E-state index contributed by atoms with van der Waals surface area (Å²) in [7, 11) is 0. The monoisotopic (exact) mass is 378 g/mol. The molecule has 1 N–H and O–H groups in total. The number of nitrogens with zero attached hydrogens (tertiary/aromatic N) is 1. The Morgan fingerprint density at radius 3 is 2.64 bits per heavy atom. The van der Waals surface area contributed by atoms with Crippen LogP contribution in [0.5, 0.6) is 5.75 Å². The zero-order valence-corrected chi connectivity index (χ0v) is 14.9. The fraction of sp³-hybridized carbons (Fsp3) is 0.588. The highest BCUT2D eigenvalue weighted by molar-refractivity contribution is 5.85. The molecular formula is C17H22ClF3N2O2. The molecule has 0 aromatic heterocycles. The van der Waals surface area contributed by atoms with E-state index in [-0.39, 0.29) is 48.0 Å². The first kappa shape index (κ1) is 19.8. The normalized spacial score (nSPS) is 28.9. The third kappa shape index (κ3) is 4.39. The maximum Gasteiger partial charge on any atom is 0.573 e. The molecule has 4 atom stereocenters. The van der Waals surface area contributed by atoms with Crippen molar-refractivity contribution in [3.8, 4) is 5.75 Å². The molecule has 0 radical (unpaired) electrons. The molecule has 2 fully saturated rings. The summed E-state index contributed by atoms with van der Waals surface area (Å²) in [5.74, 6) is -0.626. The van der Waals surface area contributed by atoms with E-state index >= 15 is 0 Å². The van der Waals surface area contributed by atoms with Gasteiger partial charge in [-0.3, -0.25) is 4.79 Å². The van der Waals surface area contributed by atoms with Gasteiger partial charge in [-0.25, -0.2) is 0 Å². The van der Waals surface area contributed by atoms with Crippen molar-refractivity contribution < 1.29 is 22.7 Å². The molecular weight excluding hydrogens is 357 g/mol. The van der Waals surface area contributed by atoms with Crippen LogP contribution >= 0.6 is 12.4 Å². The van der Waals surface area contributed by atoms with E-state index in [1.165, 1.54) is 12.1 Å². The number of halogens is 4. The number of amides is 1. The average Bonchev–Trinajstić information content (AvgIpc) is 3.29. The molecule has 1 aliphatic carbocycles. The van der Waals surface area contributed by atoms with Crippen molar-refractivity contribution >= 4 is 18.3 Å². The summed E-state index contributed by atoms with van der Waals surface area (Å²) in [6, 6.07) is 6.38. The first-order valence-electron chi connectivity index (χ1n) is 8.16. The number of piperazine rings is 1. The predicted octanol–water partition coefficient (Wildman–Crippen LogP) is 3.32. The zero-order valence-electron chi connectivity index (χ0n) is 14.0. The average molecular weight is 379 g/mol. The number of carbonyl (C=O) groups excluding carboxylic acids is 1. The topological polar surface area (TPSA) is 41.6 Å². The molecule has 2 aliphatic rings. The summed E-state index contributed by atoms with van der Waals surface area (Å²) in [5, 5.41) is 3.31. The fourth-order valence-electron chi connectivity index (χ4n) is 3.40. The van der Waals surface area contributed by atoms with Gasteiger partial charge in [0.15, 0.2) is 0 Å². The largest absolute Gasteiger partial charge is 0.573 e. The zero-order chi connectivity index (χ0) is 17.5. The van der Waals surface area contributed by atoms with Gasteiger partial charge in [-0.15, -0.1) is 25.6 Å². The van der Waals surface area contributed by atoms with E-state index < -0.39 is 6.36 Å². The first-order chi connectivity index (χ1) is 11.3. The van der Waals surface area contributed by atoms with Crippen LogP contribution in [0.2, 0.25) is 0 Å². The number of hydrogen-bond acceptors (Lipinski definition) is 3. The summed E-state index contributed by atoms with van der Waals surface area (Å²) in [6.45, 7) is 5.39. The van der Waals surface area contributed by atoms with Crippen molar-refractivity contribution in [1.82, 2.24) is 10.2 Å². The summed E-state index contributed by atoms with van der Waals surface area (Å²) < 4.78 is 41.7. The van der Waals surface area contributed by atoms with Crippen LogP contribution in [0.25, 0.3) is 0 Å². The van der Waals surface area contributed by atoms with Crippen molar-refractivity contribution in [3.05, 3.63) is 29.8 Å². The molecule has 1 amide bonds.